The molecule has 1 saturated heterocycles. The number of anilines is 1. The Labute approximate surface area is 153 Å². The van der Waals surface area contributed by atoms with Crippen molar-refractivity contribution in [2.45, 2.75) is 32.1 Å². The van der Waals surface area contributed by atoms with Crippen molar-refractivity contribution in [3.63, 3.8) is 0 Å². The zero-order valence-corrected chi connectivity index (χ0v) is 15.0. The molecule has 3 fully saturated rings. The molecule has 1 aromatic rings. The SMILES string of the molecule is COc1ccc(N2C(=O)[C@H]3[C@H](C2=O)[C@H]2C=C[C@H]3C2=C2CCCCC2)cc1. The second kappa shape index (κ2) is 5.83. The largest absolute Gasteiger partial charge is 0.497 e. The van der Waals surface area contributed by atoms with E-state index in [9.17, 15) is 9.59 Å². The third kappa shape index (κ3) is 2.08. The summed E-state index contributed by atoms with van der Waals surface area (Å²) in [5.74, 6) is 0.523. The van der Waals surface area contributed by atoms with Gasteiger partial charge in [-0.2, -0.15) is 0 Å². The van der Waals surface area contributed by atoms with E-state index in [-0.39, 0.29) is 35.5 Å². The van der Waals surface area contributed by atoms with Crippen molar-refractivity contribution < 1.29 is 14.3 Å². The fourth-order valence-corrected chi connectivity index (χ4v) is 5.49. The lowest BCUT2D eigenvalue weighted by molar-refractivity contribution is -0.122. The normalized spacial score (nSPS) is 32.6. The Morgan fingerprint density at radius 2 is 1.46 bits per heavy atom. The van der Waals surface area contributed by atoms with Crippen LogP contribution in [0.25, 0.3) is 0 Å². The molecule has 4 aliphatic rings. The first-order valence-electron chi connectivity index (χ1n) is 9.62. The Balaban J connectivity index is 1.49. The van der Waals surface area contributed by atoms with Crippen LogP contribution < -0.4 is 9.64 Å². The van der Waals surface area contributed by atoms with Gasteiger partial charge < -0.3 is 4.74 Å². The van der Waals surface area contributed by atoms with E-state index >= 15 is 0 Å². The van der Waals surface area contributed by atoms with Crippen molar-refractivity contribution in [3.8, 4) is 5.75 Å². The van der Waals surface area contributed by atoms with Crippen molar-refractivity contribution in [3.05, 3.63) is 47.6 Å². The van der Waals surface area contributed by atoms with E-state index in [2.05, 4.69) is 12.2 Å². The minimum atomic E-state index is -0.205. The molecule has 134 valence electrons. The second-order valence-electron chi connectivity index (χ2n) is 7.82. The zero-order valence-electron chi connectivity index (χ0n) is 15.0. The van der Waals surface area contributed by atoms with Gasteiger partial charge in [0.2, 0.25) is 11.8 Å². The third-order valence-corrected chi connectivity index (χ3v) is 6.61. The summed E-state index contributed by atoms with van der Waals surface area (Å²) in [5.41, 5.74) is 3.60. The summed E-state index contributed by atoms with van der Waals surface area (Å²) >= 11 is 0. The summed E-state index contributed by atoms with van der Waals surface area (Å²) in [6.07, 6.45) is 10.5. The van der Waals surface area contributed by atoms with Crippen LogP contribution >= 0.6 is 0 Å². The van der Waals surface area contributed by atoms with E-state index in [0.717, 1.165) is 18.6 Å². The molecule has 0 unspecified atom stereocenters. The Kier molecular flexibility index (Phi) is 3.56. The first kappa shape index (κ1) is 15.9. The molecule has 26 heavy (non-hydrogen) atoms. The smallest absolute Gasteiger partial charge is 0.238 e. The van der Waals surface area contributed by atoms with Crippen LogP contribution in [0.2, 0.25) is 0 Å². The van der Waals surface area contributed by atoms with Gasteiger partial charge in [-0.25, -0.2) is 4.90 Å². The summed E-state index contributed by atoms with van der Waals surface area (Å²) in [6, 6.07) is 7.19. The van der Waals surface area contributed by atoms with Crippen LogP contribution in [0.3, 0.4) is 0 Å². The molecule has 0 spiro atoms. The number of rotatable bonds is 2. The monoisotopic (exact) mass is 349 g/mol. The van der Waals surface area contributed by atoms with E-state index in [1.807, 2.05) is 0 Å². The van der Waals surface area contributed by atoms with E-state index in [4.69, 9.17) is 4.74 Å². The fraction of sp³-hybridized carbons (Fsp3) is 0.455. The van der Waals surface area contributed by atoms with Gasteiger partial charge in [0, 0.05) is 11.8 Å². The molecular formula is C22H23NO3. The summed E-state index contributed by atoms with van der Waals surface area (Å²) in [6.45, 7) is 0. The van der Waals surface area contributed by atoms with Gasteiger partial charge >= 0.3 is 0 Å². The highest BCUT2D eigenvalue weighted by molar-refractivity contribution is 6.23. The molecule has 2 bridgehead atoms. The average Bonchev–Trinajstić information content (AvgIpc) is 3.32. The van der Waals surface area contributed by atoms with Crippen molar-refractivity contribution in [1.29, 1.82) is 0 Å². The maximum atomic E-state index is 13.2. The Morgan fingerprint density at radius 1 is 0.885 bits per heavy atom. The molecule has 4 heteroatoms. The predicted octanol–water partition coefficient (Wildman–Crippen LogP) is 3.88. The molecule has 2 amide bonds. The lowest BCUT2D eigenvalue weighted by Crippen LogP contribution is -2.33. The zero-order chi connectivity index (χ0) is 17.8. The maximum absolute atomic E-state index is 13.2. The van der Waals surface area contributed by atoms with Crippen LogP contribution in [-0.2, 0) is 9.59 Å². The summed E-state index contributed by atoms with van der Waals surface area (Å²) in [4.78, 5) is 27.8. The number of benzene rings is 1. The van der Waals surface area contributed by atoms with Gasteiger partial charge in [-0.1, -0.05) is 29.7 Å². The molecule has 1 aliphatic heterocycles. The molecule has 0 N–H and O–H groups in total. The van der Waals surface area contributed by atoms with Gasteiger partial charge in [0.1, 0.15) is 5.75 Å². The van der Waals surface area contributed by atoms with Crippen LogP contribution in [0.15, 0.2) is 47.6 Å². The van der Waals surface area contributed by atoms with Gasteiger partial charge in [0.15, 0.2) is 0 Å². The molecule has 1 aromatic carbocycles. The van der Waals surface area contributed by atoms with Crippen LogP contribution in [0.5, 0.6) is 5.75 Å². The summed E-state index contributed by atoms with van der Waals surface area (Å²) in [7, 11) is 1.61. The number of fused-ring (bicyclic) bond motifs is 5. The van der Waals surface area contributed by atoms with Gasteiger partial charge in [-0.3, -0.25) is 9.59 Å². The topological polar surface area (TPSA) is 46.6 Å². The van der Waals surface area contributed by atoms with Crippen molar-refractivity contribution in [2.75, 3.05) is 12.0 Å². The molecule has 4 atom stereocenters. The quantitative estimate of drug-likeness (QED) is 0.601. The number of nitrogens with zero attached hydrogens (tertiary/aromatic N) is 1. The number of methoxy groups -OCH3 is 1. The lowest BCUT2D eigenvalue weighted by atomic mass is 9.85. The molecule has 3 aliphatic carbocycles. The summed E-state index contributed by atoms with van der Waals surface area (Å²) < 4.78 is 5.18. The minimum absolute atomic E-state index is 0.0315. The van der Waals surface area contributed by atoms with Gasteiger partial charge in [0.25, 0.3) is 0 Å². The molecule has 0 radical (unpaired) electrons. The first-order valence-corrected chi connectivity index (χ1v) is 9.62. The van der Waals surface area contributed by atoms with Gasteiger partial charge in [-0.15, -0.1) is 0 Å². The Bertz CT molecular complexity index is 793. The number of hydrogen-bond acceptors (Lipinski definition) is 3. The van der Waals surface area contributed by atoms with Crippen molar-refractivity contribution in [1.82, 2.24) is 0 Å². The Morgan fingerprint density at radius 3 is 2.00 bits per heavy atom. The maximum Gasteiger partial charge on any atom is 0.238 e. The second-order valence-corrected chi connectivity index (χ2v) is 7.82. The van der Waals surface area contributed by atoms with Crippen LogP contribution in [0.1, 0.15) is 32.1 Å². The van der Waals surface area contributed by atoms with Gasteiger partial charge in [0.05, 0.1) is 24.6 Å². The minimum Gasteiger partial charge on any atom is -0.497 e. The van der Waals surface area contributed by atoms with E-state index < -0.39 is 0 Å². The van der Waals surface area contributed by atoms with Crippen molar-refractivity contribution >= 4 is 17.5 Å². The van der Waals surface area contributed by atoms with Crippen molar-refractivity contribution in [2.24, 2.45) is 23.7 Å². The standard InChI is InChI=1S/C22H23NO3/c1-26-15-9-7-14(8-10-15)23-21(24)19-16-11-12-17(20(19)22(23)25)18(16)13-5-3-2-4-6-13/h7-12,16-17,19-20H,2-6H2,1H3/t16-,17-,19+,20+/m0/s1. The molecular weight excluding hydrogens is 326 g/mol. The molecule has 2 saturated carbocycles. The van der Waals surface area contributed by atoms with Crippen LogP contribution in [0, 0.1) is 23.7 Å². The number of carbonyl (C=O) groups is 2. The Hall–Kier alpha value is -2.36. The number of ether oxygens (including phenoxy) is 1. The first-order chi connectivity index (χ1) is 12.7. The average molecular weight is 349 g/mol. The summed E-state index contributed by atoms with van der Waals surface area (Å²) in [5, 5.41) is 0. The molecule has 0 aromatic heterocycles. The van der Waals surface area contributed by atoms with E-state index in [1.165, 1.54) is 35.3 Å². The fourth-order valence-electron chi connectivity index (χ4n) is 5.49. The van der Waals surface area contributed by atoms with Crippen LogP contribution in [0.4, 0.5) is 5.69 Å². The molecule has 5 rings (SSSR count). The molecule has 4 nitrogen and oxygen atoms in total. The highest BCUT2D eigenvalue weighted by atomic mass is 16.5. The van der Waals surface area contributed by atoms with E-state index in [0.29, 0.717) is 5.69 Å². The number of hydrogen-bond donors (Lipinski definition) is 0. The predicted molar refractivity (Wildman–Crippen MR) is 98.7 cm³/mol. The van der Waals surface area contributed by atoms with Crippen LogP contribution in [-0.4, -0.2) is 18.9 Å². The number of carbonyl (C=O) groups excluding carboxylic acids is 2. The van der Waals surface area contributed by atoms with Gasteiger partial charge in [-0.05, 0) is 49.9 Å². The molecule has 1 heterocycles. The number of imide groups is 1. The number of allylic oxidation sites excluding steroid dienone is 4. The number of amides is 2. The van der Waals surface area contributed by atoms with E-state index in [1.54, 1.807) is 31.4 Å². The highest BCUT2D eigenvalue weighted by Crippen LogP contribution is 2.58. The third-order valence-electron chi connectivity index (χ3n) is 6.61. The lowest BCUT2D eigenvalue weighted by Gasteiger charge is -2.23. The highest BCUT2D eigenvalue weighted by Gasteiger charge is 2.62.